The van der Waals surface area contributed by atoms with E-state index in [1.165, 1.54) is 0 Å². The average molecular weight is 347 g/mol. The molecule has 0 radical (unpaired) electrons. The minimum Gasteiger partial charge on any atom is -0.479 e. The van der Waals surface area contributed by atoms with E-state index < -0.39 is 0 Å². The summed E-state index contributed by atoms with van der Waals surface area (Å²) in [5.74, 6) is 1.73. The van der Waals surface area contributed by atoms with Crippen molar-refractivity contribution in [3.8, 4) is 23.2 Å². The van der Waals surface area contributed by atoms with Crippen molar-refractivity contribution in [2.24, 2.45) is 0 Å². The predicted molar refractivity (Wildman–Crippen MR) is 96.4 cm³/mol. The summed E-state index contributed by atoms with van der Waals surface area (Å²) in [6, 6.07) is 16.4. The van der Waals surface area contributed by atoms with Crippen molar-refractivity contribution in [1.82, 2.24) is 15.2 Å². The van der Waals surface area contributed by atoms with Gasteiger partial charge < -0.3 is 10.1 Å². The van der Waals surface area contributed by atoms with E-state index in [4.69, 9.17) is 10.00 Å². The van der Waals surface area contributed by atoms with E-state index in [1.807, 2.05) is 43.3 Å². The lowest BCUT2D eigenvalue weighted by molar-refractivity contribution is -0.115. The zero-order valence-corrected chi connectivity index (χ0v) is 14.2. The standard InChI is InChI=1S/C19H17N5O2/c1-13-21-19(24-23-13)15-5-3-6-16(12-15)22-18(25)11-14-4-2-7-17(10-14)26-9-8-20/h2-7,10,12H,9,11H2,1H3,(H,22,25)(H,21,23,24). The van der Waals surface area contributed by atoms with Crippen LogP contribution in [0.2, 0.25) is 0 Å². The molecule has 0 unspecified atom stereocenters. The Morgan fingerprint density at radius 2 is 2.12 bits per heavy atom. The topological polar surface area (TPSA) is 104 Å². The van der Waals surface area contributed by atoms with Gasteiger partial charge in [-0.05, 0) is 36.8 Å². The Morgan fingerprint density at radius 3 is 2.88 bits per heavy atom. The molecule has 7 nitrogen and oxygen atoms in total. The lowest BCUT2D eigenvalue weighted by atomic mass is 10.1. The number of aromatic amines is 1. The number of hydrogen-bond donors (Lipinski definition) is 2. The summed E-state index contributed by atoms with van der Waals surface area (Å²) in [4.78, 5) is 16.6. The average Bonchev–Trinajstić information content (AvgIpc) is 3.07. The highest BCUT2D eigenvalue weighted by atomic mass is 16.5. The number of aryl methyl sites for hydroxylation is 1. The second kappa shape index (κ2) is 7.94. The van der Waals surface area contributed by atoms with Crippen molar-refractivity contribution in [3.63, 3.8) is 0 Å². The molecule has 0 saturated carbocycles. The number of ether oxygens (including phenoxy) is 1. The zero-order valence-electron chi connectivity index (χ0n) is 14.2. The van der Waals surface area contributed by atoms with Gasteiger partial charge in [-0.3, -0.25) is 9.89 Å². The van der Waals surface area contributed by atoms with Gasteiger partial charge in [0.05, 0.1) is 6.42 Å². The van der Waals surface area contributed by atoms with Gasteiger partial charge in [0.15, 0.2) is 12.4 Å². The Bertz CT molecular complexity index is 958. The number of H-pyrrole nitrogens is 1. The summed E-state index contributed by atoms with van der Waals surface area (Å²) in [5, 5.41) is 18.4. The normalized spacial score (nSPS) is 10.2. The molecule has 0 saturated heterocycles. The van der Waals surface area contributed by atoms with Crippen LogP contribution in [0.4, 0.5) is 5.69 Å². The number of anilines is 1. The number of hydrogen-bond acceptors (Lipinski definition) is 5. The van der Waals surface area contributed by atoms with Gasteiger partial charge in [-0.15, -0.1) is 0 Å². The fourth-order valence-electron chi connectivity index (χ4n) is 2.46. The Kier molecular flexibility index (Phi) is 5.25. The highest BCUT2D eigenvalue weighted by molar-refractivity contribution is 5.92. The Hall–Kier alpha value is -3.66. The molecule has 1 amide bonds. The summed E-state index contributed by atoms with van der Waals surface area (Å²) in [7, 11) is 0. The zero-order chi connectivity index (χ0) is 18.4. The van der Waals surface area contributed by atoms with Crippen LogP contribution in [0.1, 0.15) is 11.4 Å². The quantitative estimate of drug-likeness (QED) is 0.713. The van der Waals surface area contributed by atoms with Gasteiger partial charge in [0.2, 0.25) is 5.91 Å². The molecular weight excluding hydrogens is 330 g/mol. The predicted octanol–water partition coefficient (Wildman–Crippen LogP) is 2.86. The van der Waals surface area contributed by atoms with E-state index >= 15 is 0 Å². The Balaban J connectivity index is 1.66. The number of carbonyl (C=O) groups excluding carboxylic acids is 1. The van der Waals surface area contributed by atoms with Gasteiger partial charge in [0, 0.05) is 11.3 Å². The highest BCUT2D eigenvalue weighted by Gasteiger charge is 2.08. The molecule has 3 rings (SSSR count). The van der Waals surface area contributed by atoms with Gasteiger partial charge in [-0.1, -0.05) is 24.3 Å². The maximum absolute atomic E-state index is 12.3. The van der Waals surface area contributed by atoms with Crippen molar-refractivity contribution in [2.75, 3.05) is 11.9 Å². The first-order valence-electron chi connectivity index (χ1n) is 8.02. The van der Waals surface area contributed by atoms with Crippen LogP contribution in [0.5, 0.6) is 5.75 Å². The van der Waals surface area contributed by atoms with Gasteiger partial charge in [0.1, 0.15) is 17.6 Å². The van der Waals surface area contributed by atoms with Crippen LogP contribution >= 0.6 is 0 Å². The number of nitrogens with zero attached hydrogens (tertiary/aromatic N) is 3. The minimum absolute atomic E-state index is 0.0247. The fourth-order valence-corrected chi connectivity index (χ4v) is 2.46. The van der Waals surface area contributed by atoms with Crippen molar-refractivity contribution in [2.45, 2.75) is 13.3 Å². The fraction of sp³-hybridized carbons (Fsp3) is 0.158. The van der Waals surface area contributed by atoms with Crippen LogP contribution in [0.15, 0.2) is 48.5 Å². The SMILES string of the molecule is Cc1nc(-c2cccc(NC(=O)Cc3cccc(OCC#N)c3)c2)n[nH]1. The summed E-state index contributed by atoms with van der Waals surface area (Å²) < 4.78 is 5.25. The summed E-state index contributed by atoms with van der Waals surface area (Å²) in [5.41, 5.74) is 2.30. The van der Waals surface area contributed by atoms with Gasteiger partial charge >= 0.3 is 0 Å². The molecular formula is C19H17N5O2. The first kappa shape index (κ1) is 17.2. The Morgan fingerprint density at radius 1 is 1.27 bits per heavy atom. The second-order valence-electron chi connectivity index (χ2n) is 5.64. The molecule has 3 aromatic rings. The number of aromatic nitrogens is 3. The van der Waals surface area contributed by atoms with Gasteiger partial charge in [-0.2, -0.15) is 10.4 Å². The highest BCUT2D eigenvalue weighted by Crippen LogP contribution is 2.20. The van der Waals surface area contributed by atoms with E-state index in [0.717, 1.165) is 17.0 Å². The van der Waals surface area contributed by atoms with Crippen LogP contribution in [0.3, 0.4) is 0 Å². The second-order valence-corrected chi connectivity index (χ2v) is 5.64. The maximum Gasteiger partial charge on any atom is 0.228 e. The van der Waals surface area contributed by atoms with Crippen LogP contribution in [0.25, 0.3) is 11.4 Å². The molecule has 0 aliphatic heterocycles. The molecule has 0 bridgehead atoms. The van der Waals surface area contributed by atoms with Crippen LogP contribution in [-0.4, -0.2) is 27.7 Å². The first-order chi connectivity index (χ1) is 12.6. The number of nitrogens with one attached hydrogen (secondary N) is 2. The maximum atomic E-state index is 12.3. The molecule has 0 spiro atoms. The van der Waals surface area contributed by atoms with Crippen LogP contribution in [-0.2, 0) is 11.2 Å². The largest absolute Gasteiger partial charge is 0.479 e. The first-order valence-corrected chi connectivity index (χ1v) is 8.02. The Labute approximate surface area is 150 Å². The molecule has 0 fully saturated rings. The van der Waals surface area contributed by atoms with E-state index in [1.54, 1.807) is 18.2 Å². The summed E-state index contributed by atoms with van der Waals surface area (Å²) in [6.07, 6.45) is 0.202. The van der Waals surface area contributed by atoms with E-state index in [2.05, 4.69) is 20.5 Å². The van der Waals surface area contributed by atoms with E-state index in [-0.39, 0.29) is 18.9 Å². The van der Waals surface area contributed by atoms with Crippen LogP contribution in [0, 0.1) is 18.3 Å². The molecule has 2 N–H and O–H groups in total. The molecule has 130 valence electrons. The lowest BCUT2D eigenvalue weighted by Gasteiger charge is -2.08. The summed E-state index contributed by atoms with van der Waals surface area (Å²) in [6.45, 7) is 1.81. The molecule has 0 atom stereocenters. The van der Waals surface area contributed by atoms with Crippen molar-refractivity contribution >= 4 is 11.6 Å². The monoisotopic (exact) mass is 347 g/mol. The van der Waals surface area contributed by atoms with E-state index in [0.29, 0.717) is 17.3 Å². The molecule has 0 aliphatic rings. The third-order valence-electron chi connectivity index (χ3n) is 3.57. The minimum atomic E-state index is -0.147. The lowest BCUT2D eigenvalue weighted by Crippen LogP contribution is -2.14. The van der Waals surface area contributed by atoms with Crippen molar-refractivity contribution in [3.05, 3.63) is 59.9 Å². The molecule has 0 aliphatic carbocycles. The summed E-state index contributed by atoms with van der Waals surface area (Å²) >= 11 is 0. The van der Waals surface area contributed by atoms with Gasteiger partial charge in [0.25, 0.3) is 0 Å². The van der Waals surface area contributed by atoms with E-state index in [9.17, 15) is 4.79 Å². The van der Waals surface area contributed by atoms with Gasteiger partial charge in [-0.25, -0.2) is 4.98 Å². The molecule has 2 aromatic carbocycles. The number of benzene rings is 2. The molecule has 1 heterocycles. The van der Waals surface area contributed by atoms with Crippen molar-refractivity contribution < 1.29 is 9.53 Å². The number of amides is 1. The molecule has 26 heavy (non-hydrogen) atoms. The van der Waals surface area contributed by atoms with Crippen LogP contribution < -0.4 is 10.1 Å². The third kappa shape index (κ3) is 4.45. The van der Waals surface area contributed by atoms with Crippen molar-refractivity contribution in [1.29, 1.82) is 5.26 Å². The molecule has 7 heteroatoms. The smallest absolute Gasteiger partial charge is 0.228 e. The third-order valence-corrected chi connectivity index (χ3v) is 3.57. The number of rotatable bonds is 6. The number of nitriles is 1. The number of carbonyl (C=O) groups is 1. The molecule has 1 aromatic heterocycles.